The van der Waals surface area contributed by atoms with Crippen molar-refractivity contribution in [2.75, 3.05) is 25.0 Å². The van der Waals surface area contributed by atoms with Gasteiger partial charge < -0.3 is 25.4 Å². The van der Waals surface area contributed by atoms with Gasteiger partial charge >= 0.3 is 6.61 Å². The van der Waals surface area contributed by atoms with Gasteiger partial charge in [-0.05, 0) is 43.2 Å². The number of rotatable bonds is 9. The Morgan fingerprint density at radius 2 is 2.00 bits per heavy atom. The molecule has 1 unspecified atom stereocenters. The van der Waals surface area contributed by atoms with Gasteiger partial charge in [0, 0.05) is 31.1 Å². The molecule has 0 saturated heterocycles. The summed E-state index contributed by atoms with van der Waals surface area (Å²) in [5.41, 5.74) is 2.72. The Labute approximate surface area is 186 Å². The second-order valence-electron chi connectivity index (χ2n) is 7.21. The first-order valence-electron chi connectivity index (χ1n) is 10.6. The molecule has 1 aliphatic heterocycles. The van der Waals surface area contributed by atoms with Crippen LogP contribution < -0.4 is 25.4 Å². The molecule has 1 amide bonds. The maximum atomic E-state index is 12.6. The predicted octanol–water partition coefficient (Wildman–Crippen LogP) is 3.87. The second-order valence-corrected chi connectivity index (χ2v) is 7.21. The van der Waals surface area contributed by atoms with Gasteiger partial charge in [-0.2, -0.15) is 8.78 Å². The molecule has 3 N–H and O–H groups in total. The standard InChI is InChI=1S/C23H28F2N4O3/c1-3-26-23(28-14-16-12-21(30)29-18-8-6-5-7-17(16)18)27-13-15-9-10-19(32-22(24)25)20(11-15)31-4-2/h5-11,16,22H,3-4,12-14H2,1-2H3,(H,29,30)(H2,26,27,28). The number of para-hydroxylation sites is 1. The first kappa shape index (κ1) is 23.3. The van der Waals surface area contributed by atoms with E-state index in [1.54, 1.807) is 19.1 Å². The van der Waals surface area contributed by atoms with E-state index in [-0.39, 0.29) is 23.3 Å². The predicted molar refractivity (Wildman–Crippen MR) is 119 cm³/mol. The minimum atomic E-state index is -2.92. The van der Waals surface area contributed by atoms with Gasteiger partial charge in [0.1, 0.15) is 0 Å². The summed E-state index contributed by atoms with van der Waals surface area (Å²) in [6.07, 6.45) is 0.396. The van der Waals surface area contributed by atoms with Crippen molar-refractivity contribution in [1.82, 2.24) is 10.6 Å². The summed E-state index contributed by atoms with van der Waals surface area (Å²) in [6.45, 7) is 2.66. The van der Waals surface area contributed by atoms with Crippen LogP contribution in [0, 0.1) is 0 Å². The molecule has 0 bridgehead atoms. The molecule has 0 radical (unpaired) electrons. The molecule has 0 spiro atoms. The maximum absolute atomic E-state index is 12.6. The van der Waals surface area contributed by atoms with Crippen molar-refractivity contribution in [2.24, 2.45) is 4.99 Å². The average molecular weight is 446 g/mol. The monoisotopic (exact) mass is 446 g/mol. The van der Waals surface area contributed by atoms with Crippen molar-refractivity contribution in [3.63, 3.8) is 0 Å². The van der Waals surface area contributed by atoms with Crippen LogP contribution in [-0.2, 0) is 11.3 Å². The number of hydrogen-bond donors (Lipinski definition) is 3. The minimum absolute atomic E-state index is 0.00569. The van der Waals surface area contributed by atoms with E-state index in [4.69, 9.17) is 4.74 Å². The zero-order chi connectivity index (χ0) is 22.9. The number of amides is 1. The molecule has 3 rings (SSSR count). The SMILES string of the molecule is CCNC(=NCc1ccc(OC(F)F)c(OCC)c1)NCC1CC(=O)Nc2ccccc21. The molecule has 1 heterocycles. The molecule has 1 atom stereocenters. The lowest BCUT2D eigenvalue weighted by molar-refractivity contribution is -0.116. The minimum Gasteiger partial charge on any atom is -0.490 e. The highest BCUT2D eigenvalue weighted by molar-refractivity contribution is 5.94. The number of carbonyl (C=O) groups is 1. The van der Waals surface area contributed by atoms with Crippen LogP contribution in [0.15, 0.2) is 47.5 Å². The summed E-state index contributed by atoms with van der Waals surface area (Å²) in [7, 11) is 0. The Balaban J connectivity index is 1.69. The Morgan fingerprint density at radius 1 is 1.19 bits per heavy atom. The Morgan fingerprint density at radius 3 is 2.75 bits per heavy atom. The number of anilines is 1. The van der Waals surface area contributed by atoms with Gasteiger partial charge in [-0.15, -0.1) is 0 Å². The highest BCUT2D eigenvalue weighted by Gasteiger charge is 2.24. The number of fused-ring (bicyclic) bond motifs is 1. The molecule has 0 aliphatic carbocycles. The van der Waals surface area contributed by atoms with Crippen molar-refractivity contribution in [3.8, 4) is 11.5 Å². The Hall–Kier alpha value is -3.36. The molecular formula is C23H28F2N4O3. The molecular weight excluding hydrogens is 418 g/mol. The van der Waals surface area contributed by atoms with Crippen LogP contribution in [-0.4, -0.2) is 38.2 Å². The van der Waals surface area contributed by atoms with Crippen LogP contribution >= 0.6 is 0 Å². The van der Waals surface area contributed by atoms with Gasteiger partial charge in [0.05, 0.1) is 13.2 Å². The number of ether oxygens (including phenoxy) is 2. The third-order valence-corrected chi connectivity index (χ3v) is 4.91. The van der Waals surface area contributed by atoms with Crippen molar-refractivity contribution in [2.45, 2.75) is 39.3 Å². The number of guanidine groups is 1. The number of nitrogens with one attached hydrogen (secondary N) is 3. The average Bonchev–Trinajstić information content (AvgIpc) is 2.76. The van der Waals surface area contributed by atoms with E-state index in [1.807, 2.05) is 31.2 Å². The van der Waals surface area contributed by atoms with Crippen LogP contribution in [0.2, 0.25) is 0 Å². The number of halogens is 2. The molecule has 0 saturated carbocycles. The molecule has 1 aliphatic rings. The molecule has 32 heavy (non-hydrogen) atoms. The molecule has 9 heteroatoms. The smallest absolute Gasteiger partial charge is 0.387 e. The Kier molecular flexibility index (Phi) is 8.24. The Bertz CT molecular complexity index is 953. The van der Waals surface area contributed by atoms with Crippen LogP contribution in [0.4, 0.5) is 14.5 Å². The molecule has 2 aromatic carbocycles. The van der Waals surface area contributed by atoms with E-state index in [9.17, 15) is 13.6 Å². The number of carbonyl (C=O) groups excluding carboxylic acids is 1. The summed E-state index contributed by atoms with van der Waals surface area (Å²) in [5.74, 6) is 0.866. The lowest BCUT2D eigenvalue weighted by Crippen LogP contribution is -2.40. The molecule has 7 nitrogen and oxygen atoms in total. The first-order chi connectivity index (χ1) is 15.5. The van der Waals surface area contributed by atoms with Gasteiger partial charge in [0.25, 0.3) is 0 Å². The van der Waals surface area contributed by atoms with E-state index in [0.717, 1.165) is 16.8 Å². The number of alkyl halides is 2. The largest absolute Gasteiger partial charge is 0.490 e. The van der Waals surface area contributed by atoms with E-state index in [1.165, 1.54) is 6.07 Å². The topological polar surface area (TPSA) is 84.0 Å². The van der Waals surface area contributed by atoms with E-state index < -0.39 is 6.61 Å². The fraction of sp³-hybridized carbons (Fsp3) is 0.391. The fourth-order valence-corrected chi connectivity index (χ4v) is 3.53. The summed E-state index contributed by atoms with van der Waals surface area (Å²) in [4.78, 5) is 16.6. The van der Waals surface area contributed by atoms with Crippen molar-refractivity contribution >= 4 is 17.6 Å². The van der Waals surface area contributed by atoms with Crippen LogP contribution in [0.5, 0.6) is 11.5 Å². The zero-order valence-corrected chi connectivity index (χ0v) is 18.2. The summed E-state index contributed by atoms with van der Waals surface area (Å²) in [6, 6.07) is 12.6. The van der Waals surface area contributed by atoms with Gasteiger partial charge in [0.15, 0.2) is 17.5 Å². The third kappa shape index (κ3) is 6.32. The highest BCUT2D eigenvalue weighted by Crippen LogP contribution is 2.32. The highest BCUT2D eigenvalue weighted by atomic mass is 19.3. The number of nitrogens with zero attached hydrogens (tertiary/aromatic N) is 1. The normalized spacial score (nSPS) is 15.7. The van der Waals surface area contributed by atoms with Gasteiger partial charge in [-0.3, -0.25) is 4.79 Å². The molecule has 0 fully saturated rings. The van der Waals surface area contributed by atoms with Crippen molar-refractivity contribution in [1.29, 1.82) is 0 Å². The van der Waals surface area contributed by atoms with Crippen LogP contribution in [0.25, 0.3) is 0 Å². The quantitative estimate of drug-likeness (QED) is 0.402. The number of aliphatic imine (C=N–C) groups is 1. The first-order valence-corrected chi connectivity index (χ1v) is 10.6. The van der Waals surface area contributed by atoms with Gasteiger partial charge in [-0.1, -0.05) is 24.3 Å². The van der Waals surface area contributed by atoms with Crippen LogP contribution in [0.1, 0.15) is 37.3 Å². The number of hydrogen-bond acceptors (Lipinski definition) is 4. The van der Waals surface area contributed by atoms with E-state index in [2.05, 4.69) is 25.7 Å². The summed E-state index contributed by atoms with van der Waals surface area (Å²) in [5, 5.41) is 9.39. The summed E-state index contributed by atoms with van der Waals surface area (Å²) >= 11 is 0. The third-order valence-electron chi connectivity index (χ3n) is 4.91. The van der Waals surface area contributed by atoms with Crippen molar-refractivity contribution in [3.05, 3.63) is 53.6 Å². The van der Waals surface area contributed by atoms with Gasteiger partial charge in [0.2, 0.25) is 5.91 Å². The van der Waals surface area contributed by atoms with Crippen LogP contribution in [0.3, 0.4) is 0 Å². The second kappa shape index (κ2) is 11.3. The van der Waals surface area contributed by atoms with Crippen molar-refractivity contribution < 1.29 is 23.0 Å². The fourth-order valence-electron chi connectivity index (χ4n) is 3.53. The lowest BCUT2D eigenvalue weighted by Gasteiger charge is -2.26. The molecule has 0 aromatic heterocycles. The van der Waals surface area contributed by atoms with E-state index in [0.29, 0.717) is 38.6 Å². The van der Waals surface area contributed by atoms with Gasteiger partial charge in [-0.25, -0.2) is 4.99 Å². The maximum Gasteiger partial charge on any atom is 0.387 e. The molecule has 2 aromatic rings. The zero-order valence-electron chi connectivity index (χ0n) is 18.2. The lowest BCUT2D eigenvalue weighted by atomic mass is 9.90. The number of benzene rings is 2. The van der Waals surface area contributed by atoms with E-state index >= 15 is 0 Å². The molecule has 172 valence electrons. The summed E-state index contributed by atoms with van der Waals surface area (Å²) < 4.78 is 35.1.